The Kier molecular flexibility index (Phi) is 3.97. The average molecular weight is 228 g/mol. The highest BCUT2D eigenvalue weighted by atomic mass is 35.5. The Morgan fingerprint density at radius 2 is 2.20 bits per heavy atom. The normalized spacial score (nSPS) is 10.1. The SMILES string of the molecule is Cc1ccc(N(C)CCC(=O)O)cc1Cl. The number of hydrogen-bond acceptors (Lipinski definition) is 2. The summed E-state index contributed by atoms with van der Waals surface area (Å²) in [6, 6.07) is 5.71. The van der Waals surface area contributed by atoms with Crippen LogP contribution >= 0.6 is 11.6 Å². The minimum Gasteiger partial charge on any atom is -0.481 e. The maximum atomic E-state index is 10.4. The average Bonchev–Trinajstić information content (AvgIpc) is 2.18. The predicted octanol–water partition coefficient (Wildman–Crippen LogP) is 2.56. The molecular formula is C11H14ClNO2. The van der Waals surface area contributed by atoms with Crippen molar-refractivity contribution in [2.45, 2.75) is 13.3 Å². The van der Waals surface area contributed by atoms with E-state index in [-0.39, 0.29) is 6.42 Å². The lowest BCUT2D eigenvalue weighted by atomic mass is 10.2. The van der Waals surface area contributed by atoms with Crippen molar-refractivity contribution >= 4 is 23.3 Å². The molecule has 82 valence electrons. The highest BCUT2D eigenvalue weighted by Crippen LogP contribution is 2.22. The van der Waals surface area contributed by atoms with Crippen LogP contribution in [-0.4, -0.2) is 24.7 Å². The van der Waals surface area contributed by atoms with Gasteiger partial charge in [-0.15, -0.1) is 0 Å². The van der Waals surface area contributed by atoms with E-state index in [0.717, 1.165) is 11.3 Å². The van der Waals surface area contributed by atoms with E-state index in [1.807, 2.05) is 37.1 Å². The molecule has 0 amide bonds. The molecule has 0 spiro atoms. The number of carbonyl (C=O) groups is 1. The highest BCUT2D eigenvalue weighted by Gasteiger charge is 2.05. The van der Waals surface area contributed by atoms with Gasteiger partial charge in [0.15, 0.2) is 0 Å². The number of hydrogen-bond donors (Lipinski definition) is 1. The Hall–Kier alpha value is -1.22. The molecule has 0 fully saturated rings. The van der Waals surface area contributed by atoms with Crippen LogP contribution in [0.5, 0.6) is 0 Å². The smallest absolute Gasteiger partial charge is 0.305 e. The fraction of sp³-hybridized carbons (Fsp3) is 0.364. The van der Waals surface area contributed by atoms with Gasteiger partial charge in [-0.05, 0) is 24.6 Å². The standard InChI is InChI=1S/C11H14ClNO2/c1-8-3-4-9(7-10(8)12)13(2)6-5-11(14)15/h3-4,7H,5-6H2,1-2H3,(H,14,15). The molecule has 1 aromatic carbocycles. The summed E-state index contributed by atoms with van der Waals surface area (Å²) < 4.78 is 0. The molecule has 0 radical (unpaired) electrons. The van der Waals surface area contributed by atoms with Crippen molar-refractivity contribution in [1.82, 2.24) is 0 Å². The zero-order valence-electron chi connectivity index (χ0n) is 8.83. The fourth-order valence-electron chi connectivity index (χ4n) is 1.21. The summed E-state index contributed by atoms with van der Waals surface area (Å²) in [6.45, 7) is 2.41. The minimum atomic E-state index is -0.792. The van der Waals surface area contributed by atoms with Gasteiger partial charge in [0.05, 0.1) is 6.42 Å². The molecule has 3 nitrogen and oxygen atoms in total. The van der Waals surface area contributed by atoms with Gasteiger partial charge in [-0.1, -0.05) is 17.7 Å². The van der Waals surface area contributed by atoms with E-state index in [9.17, 15) is 4.79 Å². The summed E-state index contributed by atoms with van der Waals surface area (Å²) in [6.07, 6.45) is 0.127. The van der Waals surface area contributed by atoms with Crippen molar-refractivity contribution in [3.63, 3.8) is 0 Å². The number of carboxylic acid groups (broad SMARTS) is 1. The van der Waals surface area contributed by atoms with E-state index in [4.69, 9.17) is 16.7 Å². The number of carboxylic acids is 1. The number of aliphatic carboxylic acids is 1. The fourth-order valence-corrected chi connectivity index (χ4v) is 1.39. The number of nitrogens with zero attached hydrogens (tertiary/aromatic N) is 1. The molecule has 1 aromatic rings. The largest absolute Gasteiger partial charge is 0.481 e. The van der Waals surface area contributed by atoms with E-state index in [0.29, 0.717) is 11.6 Å². The quantitative estimate of drug-likeness (QED) is 0.860. The number of halogens is 1. The molecule has 0 aromatic heterocycles. The number of anilines is 1. The molecule has 0 heterocycles. The predicted molar refractivity (Wildman–Crippen MR) is 61.7 cm³/mol. The second-order valence-electron chi connectivity index (χ2n) is 3.50. The van der Waals surface area contributed by atoms with Crippen LogP contribution in [0.2, 0.25) is 5.02 Å². The van der Waals surface area contributed by atoms with Crippen LogP contribution in [0, 0.1) is 6.92 Å². The molecule has 0 aliphatic carbocycles. The van der Waals surface area contributed by atoms with E-state index in [1.54, 1.807) is 0 Å². The number of benzene rings is 1. The third-order valence-corrected chi connectivity index (χ3v) is 2.66. The summed E-state index contributed by atoms with van der Waals surface area (Å²) in [7, 11) is 1.85. The van der Waals surface area contributed by atoms with Gasteiger partial charge in [0.25, 0.3) is 0 Å². The zero-order valence-corrected chi connectivity index (χ0v) is 9.58. The topological polar surface area (TPSA) is 40.5 Å². The van der Waals surface area contributed by atoms with Crippen LogP contribution in [0.3, 0.4) is 0 Å². The molecule has 0 saturated heterocycles. The molecule has 0 aliphatic rings. The molecule has 15 heavy (non-hydrogen) atoms. The van der Waals surface area contributed by atoms with Crippen molar-refractivity contribution in [2.75, 3.05) is 18.5 Å². The van der Waals surface area contributed by atoms with Crippen molar-refractivity contribution in [2.24, 2.45) is 0 Å². The molecule has 4 heteroatoms. The number of rotatable bonds is 4. The maximum absolute atomic E-state index is 10.4. The molecule has 0 saturated carbocycles. The zero-order chi connectivity index (χ0) is 11.4. The van der Waals surface area contributed by atoms with Crippen LogP contribution in [0.4, 0.5) is 5.69 Å². The molecule has 1 N–H and O–H groups in total. The van der Waals surface area contributed by atoms with Gasteiger partial charge in [0.1, 0.15) is 0 Å². The Labute approximate surface area is 94.3 Å². The van der Waals surface area contributed by atoms with Gasteiger partial charge >= 0.3 is 5.97 Å². The molecule has 0 unspecified atom stereocenters. The summed E-state index contributed by atoms with van der Waals surface area (Å²) in [5.74, 6) is -0.792. The van der Waals surface area contributed by atoms with Gasteiger partial charge in [0.2, 0.25) is 0 Å². The van der Waals surface area contributed by atoms with Crippen molar-refractivity contribution in [1.29, 1.82) is 0 Å². The Balaban J connectivity index is 2.69. The summed E-state index contributed by atoms with van der Waals surface area (Å²) in [5.41, 5.74) is 1.96. The molecule has 0 aliphatic heterocycles. The Morgan fingerprint density at radius 3 is 2.73 bits per heavy atom. The van der Waals surface area contributed by atoms with Crippen LogP contribution in [0.15, 0.2) is 18.2 Å². The molecule has 1 rings (SSSR count). The van der Waals surface area contributed by atoms with Crippen LogP contribution in [0.25, 0.3) is 0 Å². The van der Waals surface area contributed by atoms with Crippen LogP contribution in [-0.2, 0) is 4.79 Å². The Bertz CT molecular complexity index is 366. The lowest BCUT2D eigenvalue weighted by molar-refractivity contribution is -0.136. The Morgan fingerprint density at radius 1 is 1.53 bits per heavy atom. The van der Waals surface area contributed by atoms with E-state index in [2.05, 4.69) is 0 Å². The second-order valence-corrected chi connectivity index (χ2v) is 3.91. The van der Waals surface area contributed by atoms with Crippen LogP contribution in [0.1, 0.15) is 12.0 Å². The van der Waals surface area contributed by atoms with E-state index >= 15 is 0 Å². The van der Waals surface area contributed by atoms with Gasteiger partial charge in [0, 0.05) is 24.3 Å². The van der Waals surface area contributed by atoms with Gasteiger partial charge in [-0.25, -0.2) is 0 Å². The van der Waals surface area contributed by atoms with Crippen LogP contribution < -0.4 is 4.90 Å². The minimum absolute atomic E-state index is 0.127. The maximum Gasteiger partial charge on any atom is 0.305 e. The monoisotopic (exact) mass is 227 g/mol. The first kappa shape index (κ1) is 11.9. The van der Waals surface area contributed by atoms with Gasteiger partial charge in [-0.3, -0.25) is 4.79 Å². The lowest BCUT2D eigenvalue weighted by Crippen LogP contribution is -2.20. The van der Waals surface area contributed by atoms with Crippen molar-refractivity contribution in [3.05, 3.63) is 28.8 Å². The first-order valence-electron chi connectivity index (χ1n) is 4.70. The highest BCUT2D eigenvalue weighted by molar-refractivity contribution is 6.31. The van der Waals surface area contributed by atoms with E-state index in [1.165, 1.54) is 0 Å². The first-order chi connectivity index (χ1) is 7.00. The molecular weight excluding hydrogens is 214 g/mol. The van der Waals surface area contributed by atoms with Gasteiger partial charge < -0.3 is 10.0 Å². The lowest BCUT2D eigenvalue weighted by Gasteiger charge is -2.18. The second kappa shape index (κ2) is 5.03. The van der Waals surface area contributed by atoms with Crippen molar-refractivity contribution in [3.8, 4) is 0 Å². The third kappa shape index (κ3) is 3.44. The van der Waals surface area contributed by atoms with Crippen molar-refractivity contribution < 1.29 is 9.90 Å². The molecule has 0 bridgehead atoms. The van der Waals surface area contributed by atoms with E-state index < -0.39 is 5.97 Å². The van der Waals surface area contributed by atoms with Gasteiger partial charge in [-0.2, -0.15) is 0 Å². The third-order valence-electron chi connectivity index (χ3n) is 2.26. The summed E-state index contributed by atoms with van der Waals surface area (Å²) in [4.78, 5) is 12.3. The number of aryl methyl sites for hydroxylation is 1. The summed E-state index contributed by atoms with van der Waals surface area (Å²) in [5, 5.41) is 9.26. The summed E-state index contributed by atoms with van der Waals surface area (Å²) >= 11 is 5.98. The molecule has 0 atom stereocenters. The first-order valence-corrected chi connectivity index (χ1v) is 5.07.